The molecule has 0 spiro atoms. The van der Waals surface area contributed by atoms with Crippen LogP contribution in [0.1, 0.15) is 12.8 Å². The summed E-state index contributed by atoms with van der Waals surface area (Å²) in [7, 11) is 0. The fourth-order valence-corrected chi connectivity index (χ4v) is 3.28. The molecule has 2 saturated heterocycles. The molecule has 21 heavy (non-hydrogen) atoms. The largest absolute Gasteiger partial charge is 0.353 e. The van der Waals surface area contributed by atoms with E-state index in [1.54, 1.807) is 18.6 Å². The molecule has 2 aliphatic rings. The van der Waals surface area contributed by atoms with Crippen molar-refractivity contribution in [2.24, 2.45) is 0 Å². The van der Waals surface area contributed by atoms with Crippen molar-refractivity contribution in [2.45, 2.75) is 24.9 Å². The average molecular weight is 285 g/mol. The van der Waals surface area contributed by atoms with Gasteiger partial charge in [-0.15, -0.1) is 0 Å². The molecular formula is C15H16FN5. The van der Waals surface area contributed by atoms with Crippen LogP contribution in [0.2, 0.25) is 0 Å². The second-order valence-corrected chi connectivity index (χ2v) is 5.66. The summed E-state index contributed by atoms with van der Waals surface area (Å²) in [5.41, 5.74) is 1.37. The van der Waals surface area contributed by atoms with E-state index in [1.165, 1.54) is 25.1 Å². The Kier molecular flexibility index (Phi) is 3.03. The molecule has 0 aromatic carbocycles. The molecule has 2 unspecified atom stereocenters. The quantitative estimate of drug-likeness (QED) is 0.908. The molecule has 6 heteroatoms. The molecule has 2 fully saturated rings. The predicted molar refractivity (Wildman–Crippen MR) is 77.4 cm³/mol. The lowest BCUT2D eigenvalue weighted by Crippen LogP contribution is -2.51. The van der Waals surface area contributed by atoms with Gasteiger partial charge >= 0.3 is 0 Å². The molecule has 0 amide bonds. The van der Waals surface area contributed by atoms with Gasteiger partial charge in [0.1, 0.15) is 11.6 Å². The fourth-order valence-electron chi connectivity index (χ4n) is 3.28. The van der Waals surface area contributed by atoms with Crippen molar-refractivity contribution in [1.29, 1.82) is 0 Å². The zero-order chi connectivity index (χ0) is 14.2. The van der Waals surface area contributed by atoms with Crippen LogP contribution in [0.15, 0.2) is 30.9 Å². The number of nitrogens with zero attached hydrogens (tertiary/aromatic N) is 4. The Hall–Kier alpha value is -2.08. The van der Waals surface area contributed by atoms with Gasteiger partial charge in [-0.3, -0.25) is 9.97 Å². The molecule has 5 nitrogen and oxygen atoms in total. The van der Waals surface area contributed by atoms with Crippen molar-refractivity contribution >= 4 is 5.82 Å². The minimum absolute atomic E-state index is 0.350. The normalized spacial score (nSPS) is 24.3. The van der Waals surface area contributed by atoms with Crippen molar-refractivity contribution in [1.82, 2.24) is 20.3 Å². The van der Waals surface area contributed by atoms with E-state index < -0.39 is 0 Å². The Morgan fingerprint density at radius 2 is 1.90 bits per heavy atom. The van der Waals surface area contributed by atoms with Crippen LogP contribution in [0.3, 0.4) is 0 Å². The third-order valence-electron chi connectivity index (χ3n) is 4.19. The number of rotatable bonds is 2. The van der Waals surface area contributed by atoms with Crippen molar-refractivity contribution in [2.75, 3.05) is 18.0 Å². The molecule has 2 bridgehead atoms. The van der Waals surface area contributed by atoms with Gasteiger partial charge in [0.05, 0.1) is 18.1 Å². The van der Waals surface area contributed by atoms with E-state index in [4.69, 9.17) is 0 Å². The summed E-state index contributed by atoms with van der Waals surface area (Å²) in [5, 5.41) is 3.59. The first-order valence-corrected chi connectivity index (χ1v) is 7.22. The molecule has 0 saturated carbocycles. The van der Waals surface area contributed by atoms with E-state index in [9.17, 15) is 4.39 Å². The number of fused-ring (bicyclic) bond motifs is 2. The third kappa shape index (κ3) is 2.35. The van der Waals surface area contributed by atoms with E-state index in [-0.39, 0.29) is 5.82 Å². The molecule has 1 N–H and O–H groups in total. The van der Waals surface area contributed by atoms with Gasteiger partial charge in [0.15, 0.2) is 0 Å². The summed E-state index contributed by atoms with van der Waals surface area (Å²) in [6.07, 6.45) is 8.55. The number of piperazine rings is 1. The lowest BCUT2D eigenvalue weighted by molar-refractivity contribution is 0.463. The second kappa shape index (κ2) is 5.04. The first-order chi connectivity index (χ1) is 10.3. The van der Waals surface area contributed by atoms with Crippen molar-refractivity contribution in [3.05, 3.63) is 36.7 Å². The average Bonchev–Trinajstić information content (AvgIpc) is 2.86. The summed E-state index contributed by atoms with van der Waals surface area (Å²) < 4.78 is 13.6. The fraction of sp³-hybridized carbons (Fsp3) is 0.400. The highest BCUT2D eigenvalue weighted by Crippen LogP contribution is 2.31. The van der Waals surface area contributed by atoms with Gasteiger partial charge in [-0.1, -0.05) is 0 Å². The highest BCUT2D eigenvalue weighted by atomic mass is 19.1. The number of nitrogens with one attached hydrogen (secondary N) is 1. The lowest BCUT2D eigenvalue weighted by atomic mass is 10.1. The molecule has 0 radical (unpaired) electrons. The van der Waals surface area contributed by atoms with Crippen LogP contribution < -0.4 is 10.2 Å². The highest BCUT2D eigenvalue weighted by molar-refractivity contribution is 5.73. The smallest absolute Gasteiger partial charge is 0.142 e. The van der Waals surface area contributed by atoms with Crippen molar-refractivity contribution in [3.63, 3.8) is 0 Å². The monoisotopic (exact) mass is 285 g/mol. The molecule has 0 aliphatic carbocycles. The maximum atomic E-state index is 13.6. The molecule has 4 heterocycles. The molecular weight excluding hydrogens is 269 g/mol. The number of aromatic nitrogens is 3. The van der Waals surface area contributed by atoms with E-state index >= 15 is 0 Å². The van der Waals surface area contributed by atoms with E-state index in [1.807, 2.05) is 0 Å². The lowest BCUT2D eigenvalue weighted by Gasteiger charge is -2.34. The van der Waals surface area contributed by atoms with Crippen LogP contribution in [-0.2, 0) is 0 Å². The number of hydrogen-bond acceptors (Lipinski definition) is 5. The number of anilines is 1. The van der Waals surface area contributed by atoms with E-state index in [0.29, 0.717) is 23.3 Å². The maximum absolute atomic E-state index is 13.6. The maximum Gasteiger partial charge on any atom is 0.142 e. The first kappa shape index (κ1) is 12.6. The van der Waals surface area contributed by atoms with Gasteiger partial charge in [0.2, 0.25) is 0 Å². The highest BCUT2D eigenvalue weighted by Gasteiger charge is 2.33. The van der Waals surface area contributed by atoms with Crippen molar-refractivity contribution in [3.8, 4) is 11.3 Å². The van der Waals surface area contributed by atoms with Gasteiger partial charge < -0.3 is 10.2 Å². The van der Waals surface area contributed by atoms with Gasteiger partial charge in [0.25, 0.3) is 0 Å². The van der Waals surface area contributed by atoms with Gasteiger partial charge in [-0.25, -0.2) is 9.37 Å². The number of hydrogen-bond donors (Lipinski definition) is 1. The van der Waals surface area contributed by atoms with Crippen LogP contribution in [0.4, 0.5) is 10.2 Å². The van der Waals surface area contributed by atoms with Crippen LogP contribution in [0, 0.1) is 5.82 Å². The van der Waals surface area contributed by atoms with Gasteiger partial charge in [0, 0.05) is 43.1 Å². The van der Waals surface area contributed by atoms with E-state index in [2.05, 4.69) is 25.2 Å². The summed E-state index contributed by atoms with van der Waals surface area (Å²) in [5.74, 6) is 0.452. The Balaban J connectivity index is 1.75. The van der Waals surface area contributed by atoms with Crippen LogP contribution in [-0.4, -0.2) is 40.1 Å². The molecule has 108 valence electrons. The first-order valence-electron chi connectivity index (χ1n) is 7.22. The summed E-state index contributed by atoms with van der Waals surface area (Å²) >= 11 is 0. The SMILES string of the molecule is Fc1cnc(N2CC3CCC(C2)N3)c(-c2cnccn2)c1. The number of pyridine rings is 1. The summed E-state index contributed by atoms with van der Waals surface area (Å²) in [6, 6.07) is 2.51. The Morgan fingerprint density at radius 1 is 1.10 bits per heavy atom. The van der Waals surface area contributed by atoms with Gasteiger partial charge in [-0.2, -0.15) is 0 Å². The molecule has 2 atom stereocenters. The van der Waals surface area contributed by atoms with Crippen LogP contribution in [0.25, 0.3) is 11.3 Å². The molecule has 4 rings (SSSR count). The Bertz CT molecular complexity index is 636. The Labute approximate surface area is 122 Å². The summed E-state index contributed by atoms with van der Waals surface area (Å²) in [4.78, 5) is 14.9. The second-order valence-electron chi connectivity index (χ2n) is 5.66. The van der Waals surface area contributed by atoms with Crippen LogP contribution in [0.5, 0.6) is 0 Å². The van der Waals surface area contributed by atoms with Gasteiger partial charge in [-0.05, 0) is 18.9 Å². The Morgan fingerprint density at radius 3 is 2.62 bits per heavy atom. The molecule has 2 aromatic rings. The topological polar surface area (TPSA) is 53.9 Å². The molecule has 2 aromatic heterocycles. The summed E-state index contributed by atoms with van der Waals surface area (Å²) in [6.45, 7) is 1.81. The zero-order valence-corrected chi connectivity index (χ0v) is 11.5. The van der Waals surface area contributed by atoms with Crippen molar-refractivity contribution < 1.29 is 4.39 Å². The standard InChI is InChI=1S/C15H16FN5/c16-10-5-13(14-7-17-3-4-18-14)15(19-6-10)21-8-11-1-2-12(9-21)20-11/h3-7,11-12,20H,1-2,8-9H2. The van der Waals surface area contributed by atoms with Crippen LogP contribution >= 0.6 is 0 Å². The molecule has 2 aliphatic heterocycles. The minimum Gasteiger partial charge on any atom is -0.353 e. The third-order valence-corrected chi connectivity index (χ3v) is 4.19. The van der Waals surface area contributed by atoms with E-state index in [0.717, 1.165) is 18.9 Å². The predicted octanol–water partition coefficient (Wildman–Crippen LogP) is 1.62. The number of halogens is 1. The minimum atomic E-state index is -0.350. The zero-order valence-electron chi connectivity index (χ0n) is 11.5.